The number of alkyl halides is 3. The first kappa shape index (κ1) is 9.27. The summed E-state index contributed by atoms with van der Waals surface area (Å²) in [5.74, 6) is 0. The van der Waals surface area contributed by atoms with Crippen LogP contribution in [0.2, 0.25) is 0 Å². The van der Waals surface area contributed by atoms with Crippen LogP contribution in [0.1, 0.15) is 22.8 Å². The molecule has 1 aromatic carbocycles. The molecular weight excluding hydrogens is 193 g/mol. The molecule has 4 heteroatoms. The zero-order valence-corrected chi connectivity index (χ0v) is 7.05. The topological polar surface area (TPSA) is 20.2 Å². The quantitative estimate of drug-likeness (QED) is 0.682. The van der Waals surface area contributed by atoms with Gasteiger partial charge in [-0.05, 0) is 17.2 Å². The number of rotatable bonds is 0. The molecule has 1 nitrogen and oxygen atoms in total. The number of hydrogen-bond donors (Lipinski definition) is 1. The maximum Gasteiger partial charge on any atom is 0.416 e. The van der Waals surface area contributed by atoms with E-state index in [0.717, 1.165) is 6.07 Å². The van der Waals surface area contributed by atoms with Crippen LogP contribution in [-0.2, 0) is 6.18 Å². The average Bonchev–Trinajstić information content (AvgIpc) is 2.46. The van der Waals surface area contributed by atoms with Crippen LogP contribution in [0, 0.1) is 0 Å². The van der Waals surface area contributed by atoms with Gasteiger partial charge in [0.15, 0.2) is 0 Å². The van der Waals surface area contributed by atoms with Crippen molar-refractivity contribution in [1.29, 1.82) is 0 Å². The summed E-state index contributed by atoms with van der Waals surface area (Å²) in [4.78, 5) is 0. The normalized spacial score (nSPS) is 19.9. The van der Waals surface area contributed by atoms with Gasteiger partial charge in [-0.2, -0.15) is 13.2 Å². The molecule has 2 rings (SSSR count). The van der Waals surface area contributed by atoms with Gasteiger partial charge >= 0.3 is 6.18 Å². The maximum absolute atomic E-state index is 12.5. The van der Waals surface area contributed by atoms with Crippen molar-refractivity contribution in [3.05, 3.63) is 41.0 Å². The van der Waals surface area contributed by atoms with Crippen molar-refractivity contribution in [1.82, 2.24) is 0 Å². The lowest BCUT2D eigenvalue weighted by Gasteiger charge is -2.11. The second kappa shape index (κ2) is 2.85. The van der Waals surface area contributed by atoms with Gasteiger partial charge in [0.25, 0.3) is 0 Å². The Morgan fingerprint density at radius 3 is 2.57 bits per heavy atom. The molecular formula is C10H7F3O. The first-order valence-corrected chi connectivity index (χ1v) is 4.06. The Morgan fingerprint density at radius 1 is 1.21 bits per heavy atom. The van der Waals surface area contributed by atoms with E-state index in [1.165, 1.54) is 24.3 Å². The lowest BCUT2D eigenvalue weighted by Crippen LogP contribution is -2.08. The lowest BCUT2D eigenvalue weighted by molar-refractivity contribution is -0.137. The van der Waals surface area contributed by atoms with Crippen molar-refractivity contribution in [2.24, 2.45) is 0 Å². The molecule has 0 spiro atoms. The van der Waals surface area contributed by atoms with E-state index in [1.807, 2.05) is 0 Å². The fourth-order valence-corrected chi connectivity index (χ4v) is 1.57. The van der Waals surface area contributed by atoms with E-state index in [2.05, 4.69) is 0 Å². The van der Waals surface area contributed by atoms with Crippen LogP contribution in [0.25, 0.3) is 6.08 Å². The van der Waals surface area contributed by atoms with E-state index in [1.54, 1.807) is 0 Å². The molecule has 0 radical (unpaired) electrons. The monoisotopic (exact) mass is 200 g/mol. The van der Waals surface area contributed by atoms with E-state index in [9.17, 15) is 18.3 Å². The second-order valence-electron chi connectivity index (χ2n) is 3.11. The standard InChI is InChI=1S/C10H7F3O/c11-10(12,13)8-3-1-2-7-6(8)4-5-9(7)14/h1-5,9,14H. The zero-order valence-electron chi connectivity index (χ0n) is 7.05. The summed E-state index contributed by atoms with van der Waals surface area (Å²) in [5.41, 5.74) is -0.296. The number of aliphatic hydroxyl groups is 1. The molecule has 14 heavy (non-hydrogen) atoms. The summed E-state index contributed by atoms with van der Waals surface area (Å²) in [7, 11) is 0. The Balaban J connectivity index is 2.60. The highest BCUT2D eigenvalue weighted by atomic mass is 19.4. The summed E-state index contributed by atoms with van der Waals surface area (Å²) >= 11 is 0. The summed E-state index contributed by atoms with van der Waals surface area (Å²) < 4.78 is 37.4. The largest absolute Gasteiger partial charge is 0.416 e. The summed E-state index contributed by atoms with van der Waals surface area (Å²) in [6.45, 7) is 0. The number of fused-ring (bicyclic) bond motifs is 1. The van der Waals surface area contributed by atoms with E-state index < -0.39 is 17.8 Å². The van der Waals surface area contributed by atoms with Crippen LogP contribution < -0.4 is 0 Å². The molecule has 1 aromatic rings. The van der Waals surface area contributed by atoms with Crippen molar-refractivity contribution >= 4 is 6.08 Å². The van der Waals surface area contributed by atoms with E-state index in [-0.39, 0.29) is 5.56 Å². The highest BCUT2D eigenvalue weighted by Gasteiger charge is 2.35. The molecule has 1 aliphatic rings. The molecule has 74 valence electrons. The number of benzene rings is 1. The fourth-order valence-electron chi connectivity index (χ4n) is 1.57. The maximum atomic E-state index is 12.5. The fraction of sp³-hybridized carbons (Fsp3) is 0.200. The summed E-state index contributed by atoms with van der Waals surface area (Å²) in [6.07, 6.45) is -2.62. The highest BCUT2D eigenvalue weighted by Crippen LogP contribution is 2.38. The van der Waals surface area contributed by atoms with Gasteiger partial charge in [0.05, 0.1) is 11.7 Å². The molecule has 1 unspecified atom stereocenters. The third-order valence-corrected chi connectivity index (χ3v) is 2.21. The molecule has 0 aliphatic heterocycles. The first-order valence-electron chi connectivity index (χ1n) is 4.06. The van der Waals surface area contributed by atoms with Crippen LogP contribution in [0.3, 0.4) is 0 Å². The smallest absolute Gasteiger partial charge is 0.384 e. The van der Waals surface area contributed by atoms with Crippen molar-refractivity contribution in [3.63, 3.8) is 0 Å². The molecule has 0 heterocycles. The van der Waals surface area contributed by atoms with Gasteiger partial charge in [-0.3, -0.25) is 0 Å². The third-order valence-electron chi connectivity index (χ3n) is 2.21. The van der Waals surface area contributed by atoms with Crippen molar-refractivity contribution < 1.29 is 18.3 Å². The van der Waals surface area contributed by atoms with Crippen molar-refractivity contribution in [2.75, 3.05) is 0 Å². The predicted octanol–water partition coefficient (Wildman–Crippen LogP) is 2.77. The van der Waals surface area contributed by atoms with E-state index in [4.69, 9.17) is 0 Å². The Morgan fingerprint density at radius 2 is 1.93 bits per heavy atom. The molecule has 0 saturated carbocycles. The third kappa shape index (κ3) is 1.32. The Kier molecular flexibility index (Phi) is 1.89. The van der Waals surface area contributed by atoms with E-state index in [0.29, 0.717) is 5.56 Å². The Bertz CT molecular complexity index is 393. The average molecular weight is 200 g/mol. The molecule has 1 N–H and O–H groups in total. The zero-order chi connectivity index (χ0) is 10.3. The minimum atomic E-state index is -4.36. The molecule has 0 aromatic heterocycles. The van der Waals surface area contributed by atoms with Gasteiger partial charge in [-0.15, -0.1) is 0 Å². The van der Waals surface area contributed by atoms with Gasteiger partial charge in [0.1, 0.15) is 0 Å². The summed E-state index contributed by atoms with van der Waals surface area (Å²) in [5, 5.41) is 9.32. The molecule has 0 fully saturated rings. The minimum absolute atomic E-state index is 0.0764. The van der Waals surface area contributed by atoms with E-state index >= 15 is 0 Å². The first-order chi connectivity index (χ1) is 6.50. The lowest BCUT2D eigenvalue weighted by atomic mass is 10.0. The van der Waals surface area contributed by atoms with Crippen LogP contribution in [0.5, 0.6) is 0 Å². The molecule has 0 amide bonds. The Labute approximate surface area is 78.5 Å². The van der Waals surface area contributed by atoms with Gasteiger partial charge in [-0.25, -0.2) is 0 Å². The van der Waals surface area contributed by atoms with Crippen LogP contribution in [0.15, 0.2) is 24.3 Å². The Hall–Kier alpha value is -1.29. The molecule has 0 bridgehead atoms. The number of hydrogen-bond acceptors (Lipinski definition) is 1. The predicted molar refractivity (Wildman–Crippen MR) is 45.4 cm³/mol. The number of halogens is 3. The molecule has 0 saturated heterocycles. The van der Waals surface area contributed by atoms with Gasteiger partial charge in [-0.1, -0.05) is 24.3 Å². The van der Waals surface area contributed by atoms with Gasteiger partial charge < -0.3 is 5.11 Å². The second-order valence-corrected chi connectivity index (χ2v) is 3.11. The SMILES string of the molecule is OC1C=Cc2c1cccc2C(F)(F)F. The van der Waals surface area contributed by atoms with Crippen molar-refractivity contribution in [3.8, 4) is 0 Å². The molecule has 1 atom stereocenters. The van der Waals surface area contributed by atoms with Crippen LogP contribution in [0.4, 0.5) is 13.2 Å². The molecule has 1 aliphatic carbocycles. The highest BCUT2D eigenvalue weighted by molar-refractivity contribution is 5.65. The van der Waals surface area contributed by atoms with Crippen molar-refractivity contribution in [2.45, 2.75) is 12.3 Å². The van der Waals surface area contributed by atoms with Gasteiger partial charge in [0.2, 0.25) is 0 Å². The summed E-state index contributed by atoms with van der Waals surface area (Å²) in [6, 6.07) is 3.81. The number of aliphatic hydroxyl groups excluding tert-OH is 1. The minimum Gasteiger partial charge on any atom is -0.384 e. The van der Waals surface area contributed by atoms with Crippen LogP contribution >= 0.6 is 0 Å². The van der Waals surface area contributed by atoms with Crippen LogP contribution in [-0.4, -0.2) is 5.11 Å². The van der Waals surface area contributed by atoms with Gasteiger partial charge in [0, 0.05) is 0 Å².